The lowest BCUT2D eigenvalue weighted by molar-refractivity contribution is 0.0665. The molecule has 0 saturated heterocycles. The van der Waals surface area contributed by atoms with Crippen LogP contribution in [0.3, 0.4) is 0 Å². The molecule has 1 rings (SSSR count). The van der Waals surface area contributed by atoms with E-state index in [1.807, 2.05) is 6.92 Å². The number of nitrogens with one attached hydrogen (secondary N) is 1. The zero-order valence-corrected chi connectivity index (χ0v) is 7.95. The van der Waals surface area contributed by atoms with Gasteiger partial charge in [-0.15, -0.1) is 6.58 Å². The third-order valence-electron chi connectivity index (χ3n) is 1.89. The molecule has 0 spiro atoms. The van der Waals surface area contributed by atoms with E-state index in [-0.39, 0.29) is 6.04 Å². The number of nitrogens with zero attached hydrogens (tertiary/aromatic N) is 2. The zero-order valence-electron chi connectivity index (χ0n) is 7.95. The minimum absolute atomic E-state index is 0.0813. The van der Waals surface area contributed by atoms with Gasteiger partial charge in [0.1, 0.15) is 5.82 Å². The first-order chi connectivity index (χ1) is 6.65. The van der Waals surface area contributed by atoms with Crippen molar-refractivity contribution in [3.8, 4) is 0 Å². The van der Waals surface area contributed by atoms with Crippen molar-refractivity contribution in [1.29, 1.82) is 0 Å². The van der Waals surface area contributed by atoms with Gasteiger partial charge in [0.05, 0.1) is 6.54 Å². The highest BCUT2D eigenvalue weighted by Gasteiger charge is 2.10. The lowest BCUT2D eigenvalue weighted by Gasteiger charge is -2.10. The SMILES string of the molecule is C=CC(C)NCc1nccn1C(F)F. The van der Waals surface area contributed by atoms with Crippen LogP contribution in [-0.4, -0.2) is 15.6 Å². The van der Waals surface area contributed by atoms with Gasteiger partial charge in [-0.25, -0.2) is 4.98 Å². The maximum Gasteiger partial charge on any atom is 0.319 e. The number of hydrogen-bond acceptors (Lipinski definition) is 2. The molecule has 0 aliphatic carbocycles. The summed E-state index contributed by atoms with van der Waals surface area (Å²) < 4.78 is 25.5. The van der Waals surface area contributed by atoms with Crippen molar-refractivity contribution in [2.75, 3.05) is 0 Å². The molecule has 14 heavy (non-hydrogen) atoms. The summed E-state index contributed by atoms with van der Waals surface area (Å²) in [5.74, 6) is 0.328. The van der Waals surface area contributed by atoms with Gasteiger partial charge in [0.25, 0.3) is 0 Å². The van der Waals surface area contributed by atoms with Crippen LogP contribution in [-0.2, 0) is 6.54 Å². The maximum absolute atomic E-state index is 12.3. The Morgan fingerprint density at radius 3 is 3.00 bits per heavy atom. The Morgan fingerprint density at radius 1 is 1.71 bits per heavy atom. The van der Waals surface area contributed by atoms with E-state index in [9.17, 15) is 8.78 Å². The van der Waals surface area contributed by atoms with Crippen molar-refractivity contribution in [2.45, 2.75) is 26.1 Å². The molecule has 0 aliphatic rings. The van der Waals surface area contributed by atoms with Crippen molar-refractivity contribution in [2.24, 2.45) is 0 Å². The van der Waals surface area contributed by atoms with Crippen LogP contribution in [0.25, 0.3) is 0 Å². The first-order valence-corrected chi connectivity index (χ1v) is 4.31. The van der Waals surface area contributed by atoms with Crippen LogP contribution in [0.1, 0.15) is 19.3 Å². The Bertz CT molecular complexity index is 296. The van der Waals surface area contributed by atoms with Crippen LogP contribution in [0.4, 0.5) is 8.78 Å². The molecule has 1 atom stereocenters. The minimum atomic E-state index is -2.53. The lowest BCUT2D eigenvalue weighted by Crippen LogP contribution is -2.25. The quantitative estimate of drug-likeness (QED) is 0.738. The Morgan fingerprint density at radius 2 is 2.43 bits per heavy atom. The molecule has 1 N–H and O–H groups in total. The molecule has 1 heterocycles. The summed E-state index contributed by atoms with van der Waals surface area (Å²) in [5, 5.41) is 3.00. The predicted molar refractivity (Wildman–Crippen MR) is 50.0 cm³/mol. The molecular weight excluding hydrogens is 188 g/mol. The summed E-state index contributed by atoms with van der Waals surface area (Å²) >= 11 is 0. The van der Waals surface area contributed by atoms with Gasteiger partial charge in [-0.3, -0.25) is 4.57 Å². The van der Waals surface area contributed by atoms with E-state index < -0.39 is 6.55 Å². The summed E-state index contributed by atoms with van der Waals surface area (Å²) in [6.07, 6.45) is 4.33. The molecule has 5 heteroatoms. The van der Waals surface area contributed by atoms with Crippen LogP contribution < -0.4 is 5.32 Å². The fourth-order valence-corrected chi connectivity index (χ4v) is 0.994. The van der Waals surface area contributed by atoms with Crippen molar-refractivity contribution < 1.29 is 8.78 Å². The van der Waals surface area contributed by atoms with Gasteiger partial charge in [0, 0.05) is 18.4 Å². The van der Waals surface area contributed by atoms with Crippen LogP contribution in [0, 0.1) is 0 Å². The monoisotopic (exact) mass is 201 g/mol. The fraction of sp³-hybridized carbons (Fsp3) is 0.444. The standard InChI is InChI=1S/C9H13F2N3/c1-3-7(2)13-6-8-12-4-5-14(8)9(10)11/h3-5,7,9,13H,1,6H2,2H3. The van der Waals surface area contributed by atoms with Crippen molar-refractivity contribution >= 4 is 0 Å². The van der Waals surface area contributed by atoms with Crippen LogP contribution in [0.2, 0.25) is 0 Å². The minimum Gasteiger partial charge on any atom is -0.304 e. The lowest BCUT2D eigenvalue weighted by atomic mass is 10.3. The molecule has 0 aliphatic heterocycles. The summed E-state index contributed by atoms with van der Waals surface area (Å²) in [4.78, 5) is 3.83. The molecule has 0 radical (unpaired) electrons. The molecule has 1 unspecified atom stereocenters. The summed E-state index contributed by atoms with van der Waals surface area (Å²) in [7, 11) is 0. The molecule has 1 aromatic rings. The Hall–Kier alpha value is -1.23. The van der Waals surface area contributed by atoms with E-state index in [4.69, 9.17) is 0 Å². The molecule has 1 aromatic heterocycles. The molecule has 0 aromatic carbocycles. The van der Waals surface area contributed by atoms with Gasteiger partial charge >= 0.3 is 6.55 Å². The number of rotatable bonds is 5. The highest BCUT2D eigenvalue weighted by Crippen LogP contribution is 2.11. The molecule has 0 bridgehead atoms. The topological polar surface area (TPSA) is 29.9 Å². The third-order valence-corrected chi connectivity index (χ3v) is 1.89. The summed E-state index contributed by atoms with van der Waals surface area (Å²) in [6, 6.07) is 0.0813. The third kappa shape index (κ3) is 2.63. The van der Waals surface area contributed by atoms with Gasteiger partial charge in [-0.2, -0.15) is 8.78 Å². The Labute approximate surface area is 81.5 Å². The average Bonchev–Trinajstić information content (AvgIpc) is 2.62. The van der Waals surface area contributed by atoms with E-state index in [1.165, 1.54) is 12.4 Å². The van der Waals surface area contributed by atoms with Crippen LogP contribution in [0.5, 0.6) is 0 Å². The zero-order chi connectivity index (χ0) is 10.6. The molecular formula is C9H13F2N3. The largest absolute Gasteiger partial charge is 0.319 e. The fourth-order valence-electron chi connectivity index (χ4n) is 0.994. The van der Waals surface area contributed by atoms with Crippen LogP contribution in [0.15, 0.2) is 25.0 Å². The van der Waals surface area contributed by atoms with Gasteiger partial charge in [0.15, 0.2) is 0 Å². The summed E-state index contributed by atoms with van der Waals surface area (Å²) in [6.45, 7) is 3.25. The molecule has 0 saturated carbocycles. The molecule has 0 amide bonds. The second-order valence-electron chi connectivity index (χ2n) is 2.93. The number of imidazole rings is 1. The maximum atomic E-state index is 12.3. The summed E-state index contributed by atoms with van der Waals surface area (Å²) in [5.41, 5.74) is 0. The average molecular weight is 201 g/mol. The van der Waals surface area contributed by atoms with E-state index >= 15 is 0 Å². The molecule has 3 nitrogen and oxygen atoms in total. The Kier molecular flexibility index (Phi) is 3.76. The van der Waals surface area contributed by atoms with Gasteiger partial charge in [-0.1, -0.05) is 6.08 Å². The number of aromatic nitrogens is 2. The Balaban J connectivity index is 2.58. The van der Waals surface area contributed by atoms with E-state index in [2.05, 4.69) is 16.9 Å². The first kappa shape index (κ1) is 10.8. The highest BCUT2D eigenvalue weighted by atomic mass is 19.3. The molecule has 78 valence electrons. The predicted octanol–water partition coefficient (Wildman–Crippen LogP) is 1.94. The van der Waals surface area contributed by atoms with Crippen molar-refractivity contribution in [3.05, 3.63) is 30.9 Å². The van der Waals surface area contributed by atoms with E-state index in [0.29, 0.717) is 12.4 Å². The smallest absolute Gasteiger partial charge is 0.304 e. The van der Waals surface area contributed by atoms with Crippen molar-refractivity contribution in [3.63, 3.8) is 0 Å². The van der Waals surface area contributed by atoms with Crippen molar-refractivity contribution in [1.82, 2.24) is 14.9 Å². The van der Waals surface area contributed by atoms with E-state index in [0.717, 1.165) is 4.57 Å². The van der Waals surface area contributed by atoms with E-state index in [1.54, 1.807) is 6.08 Å². The number of halogens is 2. The van der Waals surface area contributed by atoms with Gasteiger partial charge < -0.3 is 5.32 Å². The highest BCUT2D eigenvalue weighted by molar-refractivity contribution is 4.94. The molecule has 0 fully saturated rings. The van der Waals surface area contributed by atoms with Crippen LogP contribution >= 0.6 is 0 Å². The van der Waals surface area contributed by atoms with Gasteiger partial charge in [-0.05, 0) is 6.92 Å². The first-order valence-electron chi connectivity index (χ1n) is 4.31. The number of alkyl halides is 2. The second-order valence-corrected chi connectivity index (χ2v) is 2.93. The second kappa shape index (κ2) is 4.85. The number of hydrogen-bond donors (Lipinski definition) is 1. The van der Waals surface area contributed by atoms with Gasteiger partial charge in [0.2, 0.25) is 0 Å². The normalized spacial score (nSPS) is 13.1.